The van der Waals surface area contributed by atoms with Crippen LogP contribution in [0.4, 0.5) is 10.2 Å². The molecule has 0 saturated carbocycles. The third-order valence-electron chi connectivity index (χ3n) is 6.61. The third-order valence-corrected chi connectivity index (χ3v) is 7.49. The summed E-state index contributed by atoms with van der Waals surface area (Å²) < 4.78 is 17.4. The van der Waals surface area contributed by atoms with Crippen LogP contribution in [-0.4, -0.2) is 43.3 Å². The van der Waals surface area contributed by atoms with Crippen LogP contribution < -0.4 is 10.6 Å². The van der Waals surface area contributed by atoms with Crippen LogP contribution in [0.2, 0.25) is 0 Å². The summed E-state index contributed by atoms with van der Waals surface area (Å²) in [7, 11) is 0. The van der Waals surface area contributed by atoms with Crippen molar-refractivity contribution < 1.29 is 4.39 Å². The highest BCUT2D eigenvalue weighted by molar-refractivity contribution is 7.12. The van der Waals surface area contributed by atoms with Crippen molar-refractivity contribution in [2.45, 2.75) is 58.7 Å². The van der Waals surface area contributed by atoms with Crippen LogP contribution in [0, 0.1) is 13.8 Å². The zero-order chi connectivity index (χ0) is 24.0. The monoisotopic (exact) mass is 480 g/mol. The lowest BCUT2D eigenvalue weighted by molar-refractivity contribution is 0.102. The molecule has 1 saturated heterocycles. The van der Waals surface area contributed by atoms with Gasteiger partial charge < -0.3 is 9.88 Å². The number of fused-ring (bicyclic) bond motifs is 1. The molecule has 0 bridgehead atoms. The van der Waals surface area contributed by atoms with Gasteiger partial charge in [0.2, 0.25) is 0 Å². The molecule has 1 aliphatic rings. The molecule has 0 unspecified atom stereocenters. The molecule has 9 heteroatoms. The Hall–Kier alpha value is -3.07. The van der Waals surface area contributed by atoms with Crippen molar-refractivity contribution in [2.24, 2.45) is 0 Å². The molecule has 1 aromatic carbocycles. The summed E-state index contributed by atoms with van der Waals surface area (Å²) in [4.78, 5) is 32.7. The first-order valence-electron chi connectivity index (χ1n) is 11.7. The minimum atomic E-state index is -1.49. The average molecular weight is 481 g/mol. The molecule has 0 atom stereocenters. The lowest BCUT2D eigenvalue weighted by Crippen LogP contribution is -2.45. The molecule has 178 valence electrons. The Kier molecular flexibility index (Phi) is 5.75. The molecule has 0 spiro atoms. The quantitative estimate of drug-likeness (QED) is 0.435. The summed E-state index contributed by atoms with van der Waals surface area (Å²) in [6, 6.07) is 8.00. The van der Waals surface area contributed by atoms with Crippen LogP contribution in [-0.2, 0) is 6.54 Å². The van der Waals surface area contributed by atoms with Crippen LogP contribution in [0.25, 0.3) is 22.6 Å². The first-order valence-corrected chi connectivity index (χ1v) is 12.5. The van der Waals surface area contributed by atoms with Crippen LogP contribution in [0.1, 0.15) is 48.1 Å². The fourth-order valence-corrected chi connectivity index (χ4v) is 5.64. The minimum absolute atomic E-state index is 0.0307. The number of hydrogen-bond acceptors (Lipinski definition) is 6. The first kappa shape index (κ1) is 22.7. The third kappa shape index (κ3) is 4.13. The molecule has 34 heavy (non-hydrogen) atoms. The number of rotatable bonds is 5. The van der Waals surface area contributed by atoms with E-state index in [4.69, 9.17) is 4.98 Å². The van der Waals surface area contributed by atoms with E-state index in [0.717, 1.165) is 26.8 Å². The number of alkyl halides is 1. The Bertz CT molecular complexity index is 1400. The summed E-state index contributed by atoms with van der Waals surface area (Å²) in [6.07, 6.45) is 2.28. The molecule has 1 fully saturated rings. The van der Waals surface area contributed by atoms with Gasteiger partial charge in [0.05, 0.1) is 17.7 Å². The van der Waals surface area contributed by atoms with E-state index < -0.39 is 5.67 Å². The lowest BCUT2D eigenvalue weighted by Gasteiger charge is -2.37. The van der Waals surface area contributed by atoms with E-state index in [-0.39, 0.29) is 12.2 Å². The zero-order valence-electron chi connectivity index (χ0n) is 19.9. The standard InChI is InChI=1S/C25H29FN6OS/c1-15(2)18-7-5-6-8-19(18)21-27-13-20-23(30-21)32(24(33)29-20)14-25(26)9-11-31(12-10-25)22-16(3)34-17(4)28-22/h5-8,13,15H,9-12,14H2,1-4H3,(H,29,33). The predicted octanol–water partition coefficient (Wildman–Crippen LogP) is 4.99. The van der Waals surface area contributed by atoms with Crippen molar-refractivity contribution in [2.75, 3.05) is 18.0 Å². The van der Waals surface area contributed by atoms with Gasteiger partial charge in [-0.2, -0.15) is 0 Å². The van der Waals surface area contributed by atoms with E-state index in [1.807, 2.05) is 25.1 Å². The number of thiazole rings is 1. The highest BCUT2D eigenvalue weighted by Crippen LogP contribution is 2.34. The number of imidazole rings is 1. The van der Waals surface area contributed by atoms with Gasteiger partial charge in [-0.3, -0.25) is 4.57 Å². The van der Waals surface area contributed by atoms with E-state index >= 15 is 4.39 Å². The molecular formula is C25H29FN6OS. The maximum Gasteiger partial charge on any atom is 0.327 e. The summed E-state index contributed by atoms with van der Waals surface area (Å²) >= 11 is 1.66. The van der Waals surface area contributed by atoms with Crippen LogP contribution in [0.15, 0.2) is 35.3 Å². The Morgan fingerprint density at radius 1 is 1.18 bits per heavy atom. The second kappa shape index (κ2) is 8.61. The number of H-pyrrole nitrogens is 1. The topological polar surface area (TPSA) is 79.7 Å². The van der Waals surface area contributed by atoms with Crippen LogP contribution in [0.5, 0.6) is 0 Å². The summed E-state index contributed by atoms with van der Waals surface area (Å²) in [5.41, 5.74) is 1.17. The normalized spacial score (nSPS) is 16.0. The zero-order valence-corrected chi connectivity index (χ0v) is 20.7. The Labute approximate surface area is 201 Å². The van der Waals surface area contributed by atoms with Gasteiger partial charge in [0.1, 0.15) is 17.0 Å². The molecule has 1 aliphatic heterocycles. The highest BCUT2D eigenvalue weighted by Gasteiger charge is 2.37. The minimum Gasteiger partial charge on any atom is -0.355 e. The molecule has 0 aliphatic carbocycles. The number of piperidine rings is 1. The molecule has 7 nitrogen and oxygen atoms in total. The van der Waals surface area contributed by atoms with Crippen molar-refractivity contribution in [3.8, 4) is 11.4 Å². The van der Waals surface area contributed by atoms with Crippen molar-refractivity contribution in [1.29, 1.82) is 0 Å². The smallest absolute Gasteiger partial charge is 0.327 e. The van der Waals surface area contributed by atoms with E-state index in [1.165, 1.54) is 4.57 Å². The van der Waals surface area contributed by atoms with Crippen LogP contribution in [0.3, 0.4) is 0 Å². The molecule has 3 aromatic heterocycles. The van der Waals surface area contributed by atoms with Gasteiger partial charge in [0.25, 0.3) is 0 Å². The van der Waals surface area contributed by atoms with Crippen LogP contribution >= 0.6 is 11.3 Å². The second-order valence-corrected chi connectivity index (χ2v) is 10.8. The van der Waals surface area contributed by atoms with Gasteiger partial charge in [0.15, 0.2) is 11.5 Å². The summed E-state index contributed by atoms with van der Waals surface area (Å²) in [5, 5.41) is 1.02. The number of aromatic amines is 1. The Balaban J connectivity index is 1.43. The van der Waals surface area contributed by atoms with Gasteiger partial charge in [-0.15, -0.1) is 11.3 Å². The van der Waals surface area contributed by atoms with Crippen molar-refractivity contribution in [1.82, 2.24) is 24.5 Å². The van der Waals surface area contributed by atoms with E-state index in [1.54, 1.807) is 17.5 Å². The lowest BCUT2D eigenvalue weighted by atomic mass is 9.93. The predicted molar refractivity (Wildman–Crippen MR) is 135 cm³/mol. The second-order valence-electron chi connectivity index (χ2n) is 9.44. The molecule has 0 amide bonds. The van der Waals surface area contributed by atoms with Gasteiger partial charge >= 0.3 is 5.69 Å². The summed E-state index contributed by atoms with van der Waals surface area (Å²) in [5.74, 6) is 1.80. The SMILES string of the molecule is Cc1nc(N2CCC(F)(Cn3c(=O)[nH]c4cnc(-c5ccccc5C(C)C)nc43)CC2)c(C)s1. The number of hydrogen-bond donors (Lipinski definition) is 1. The number of aromatic nitrogens is 5. The van der Waals surface area contributed by atoms with Gasteiger partial charge in [-0.1, -0.05) is 38.1 Å². The van der Waals surface area contributed by atoms with Crippen molar-refractivity contribution in [3.63, 3.8) is 0 Å². The number of aryl methyl sites for hydroxylation is 2. The van der Waals surface area contributed by atoms with Crippen molar-refractivity contribution >= 4 is 28.3 Å². The molecule has 5 rings (SSSR count). The fraction of sp³-hybridized carbons (Fsp3) is 0.440. The number of nitrogens with one attached hydrogen (secondary N) is 1. The maximum atomic E-state index is 16.0. The Morgan fingerprint density at radius 3 is 2.59 bits per heavy atom. The molecular weight excluding hydrogens is 451 g/mol. The number of benzene rings is 1. The average Bonchev–Trinajstić information content (AvgIpc) is 3.31. The largest absolute Gasteiger partial charge is 0.355 e. The molecule has 0 radical (unpaired) electrons. The maximum absolute atomic E-state index is 16.0. The number of nitrogens with zero attached hydrogens (tertiary/aromatic N) is 5. The van der Waals surface area contributed by atoms with Gasteiger partial charge in [0, 0.05) is 36.4 Å². The van der Waals surface area contributed by atoms with Gasteiger partial charge in [-0.25, -0.2) is 24.1 Å². The Morgan fingerprint density at radius 2 is 1.91 bits per heavy atom. The number of anilines is 1. The van der Waals surface area contributed by atoms with E-state index in [2.05, 4.69) is 46.7 Å². The molecule has 4 heterocycles. The molecule has 4 aromatic rings. The fourth-order valence-electron chi connectivity index (χ4n) is 4.80. The number of halogens is 1. The summed E-state index contributed by atoms with van der Waals surface area (Å²) in [6.45, 7) is 9.39. The molecule has 1 N–H and O–H groups in total. The highest BCUT2D eigenvalue weighted by atomic mass is 32.1. The van der Waals surface area contributed by atoms with Crippen molar-refractivity contribution in [3.05, 3.63) is 56.4 Å². The van der Waals surface area contributed by atoms with Gasteiger partial charge in [-0.05, 0) is 25.3 Å². The van der Waals surface area contributed by atoms with E-state index in [0.29, 0.717) is 48.8 Å². The first-order chi connectivity index (χ1) is 16.2. The van der Waals surface area contributed by atoms with E-state index in [9.17, 15) is 4.79 Å².